The number of anilines is 2. The van der Waals surface area contributed by atoms with Crippen LogP contribution in [0.5, 0.6) is 0 Å². The molecule has 0 spiro atoms. The fourth-order valence-corrected chi connectivity index (χ4v) is 2.16. The van der Waals surface area contributed by atoms with E-state index < -0.39 is 0 Å². The third kappa shape index (κ3) is 3.17. The van der Waals surface area contributed by atoms with Gasteiger partial charge in [0.25, 0.3) is 5.91 Å². The average Bonchev–Trinajstić information content (AvgIpc) is 2.42. The van der Waals surface area contributed by atoms with E-state index in [4.69, 9.17) is 0 Å². The Morgan fingerprint density at radius 3 is 2.70 bits per heavy atom. The van der Waals surface area contributed by atoms with Gasteiger partial charge in [-0.2, -0.15) is 0 Å². The number of hydrogen-bond donors (Lipinski definition) is 1. The number of rotatable bonds is 3. The minimum atomic E-state index is -0.151. The van der Waals surface area contributed by atoms with Gasteiger partial charge in [-0.3, -0.25) is 4.79 Å². The highest BCUT2D eigenvalue weighted by Gasteiger charge is 2.11. The zero-order valence-electron chi connectivity index (χ0n) is 11.6. The van der Waals surface area contributed by atoms with Gasteiger partial charge < -0.3 is 10.2 Å². The molecule has 0 bridgehead atoms. The first kappa shape index (κ1) is 14.5. The number of benzene rings is 1. The molecule has 0 fully saturated rings. The lowest BCUT2D eigenvalue weighted by Gasteiger charge is -2.16. The summed E-state index contributed by atoms with van der Waals surface area (Å²) in [5.74, 6) is 0.578. The highest BCUT2D eigenvalue weighted by Crippen LogP contribution is 2.22. The van der Waals surface area contributed by atoms with Crippen LogP contribution in [-0.2, 0) is 0 Å². The quantitative estimate of drug-likeness (QED) is 0.935. The number of aryl methyl sites for hydroxylation is 1. The zero-order valence-corrected chi connectivity index (χ0v) is 13.2. The number of aromatic nitrogens is 1. The van der Waals surface area contributed by atoms with Gasteiger partial charge in [0.1, 0.15) is 0 Å². The standard InChI is InChI=1S/C15H16BrN3O/c1-10-6-7-11(9-12(10)16)15(20)18-13-5-4-8-17-14(13)19(2)3/h4-9H,1-3H3,(H,18,20). The van der Waals surface area contributed by atoms with E-state index in [1.807, 2.05) is 44.1 Å². The SMILES string of the molecule is Cc1ccc(C(=O)Nc2cccnc2N(C)C)cc1Br. The van der Waals surface area contributed by atoms with Gasteiger partial charge in [-0.05, 0) is 36.8 Å². The summed E-state index contributed by atoms with van der Waals surface area (Å²) in [7, 11) is 3.78. The Hall–Kier alpha value is -1.88. The molecule has 0 saturated carbocycles. The monoisotopic (exact) mass is 333 g/mol. The molecule has 0 aliphatic carbocycles. The van der Waals surface area contributed by atoms with E-state index in [1.54, 1.807) is 18.3 Å². The molecule has 1 N–H and O–H groups in total. The molecule has 0 atom stereocenters. The Morgan fingerprint density at radius 2 is 2.05 bits per heavy atom. The van der Waals surface area contributed by atoms with E-state index in [-0.39, 0.29) is 5.91 Å². The topological polar surface area (TPSA) is 45.2 Å². The lowest BCUT2D eigenvalue weighted by molar-refractivity contribution is 0.102. The molecule has 0 unspecified atom stereocenters. The predicted octanol–water partition coefficient (Wildman–Crippen LogP) is 3.47. The Labute approximate surface area is 127 Å². The van der Waals surface area contributed by atoms with E-state index >= 15 is 0 Å². The molecule has 0 aliphatic rings. The van der Waals surface area contributed by atoms with E-state index in [9.17, 15) is 4.79 Å². The summed E-state index contributed by atoms with van der Waals surface area (Å²) < 4.78 is 0.921. The second-order valence-electron chi connectivity index (χ2n) is 4.69. The molecule has 1 aromatic carbocycles. The average molecular weight is 334 g/mol. The molecule has 1 aromatic heterocycles. The first-order chi connectivity index (χ1) is 9.49. The summed E-state index contributed by atoms with van der Waals surface area (Å²) in [6.45, 7) is 1.98. The number of nitrogens with zero attached hydrogens (tertiary/aromatic N) is 2. The van der Waals surface area contributed by atoms with Crippen molar-refractivity contribution in [1.82, 2.24) is 4.98 Å². The van der Waals surface area contributed by atoms with Crippen molar-refractivity contribution in [1.29, 1.82) is 0 Å². The Bertz CT molecular complexity index is 641. The molecule has 1 heterocycles. The number of hydrogen-bond acceptors (Lipinski definition) is 3. The summed E-state index contributed by atoms with van der Waals surface area (Å²) in [5, 5.41) is 2.89. The minimum Gasteiger partial charge on any atom is -0.361 e. The van der Waals surface area contributed by atoms with Crippen molar-refractivity contribution in [2.24, 2.45) is 0 Å². The van der Waals surface area contributed by atoms with Crippen LogP contribution in [0, 0.1) is 6.92 Å². The normalized spacial score (nSPS) is 10.2. The Kier molecular flexibility index (Phi) is 4.39. The van der Waals surface area contributed by atoms with Gasteiger partial charge in [-0.15, -0.1) is 0 Å². The van der Waals surface area contributed by atoms with Gasteiger partial charge in [0.2, 0.25) is 0 Å². The van der Waals surface area contributed by atoms with Gasteiger partial charge in [0, 0.05) is 30.3 Å². The van der Waals surface area contributed by atoms with E-state index in [0.717, 1.165) is 15.9 Å². The molecule has 4 nitrogen and oxygen atoms in total. The van der Waals surface area contributed by atoms with Crippen LogP contribution < -0.4 is 10.2 Å². The molecule has 2 rings (SSSR count). The van der Waals surface area contributed by atoms with E-state index in [1.165, 1.54) is 0 Å². The number of halogens is 1. The van der Waals surface area contributed by atoms with Gasteiger partial charge in [-0.1, -0.05) is 22.0 Å². The fraction of sp³-hybridized carbons (Fsp3) is 0.200. The van der Waals surface area contributed by atoms with Crippen LogP contribution in [0.15, 0.2) is 41.0 Å². The molecule has 1 amide bonds. The van der Waals surface area contributed by atoms with Crippen molar-refractivity contribution in [3.05, 3.63) is 52.1 Å². The van der Waals surface area contributed by atoms with Crippen molar-refractivity contribution in [3.63, 3.8) is 0 Å². The molecule has 20 heavy (non-hydrogen) atoms. The van der Waals surface area contributed by atoms with Crippen molar-refractivity contribution in [2.75, 3.05) is 24.3 Å². The third-order valence-corrected chi connectivity index (χ3v) is 3.75. The van der Waals surface area contributed by atoms with Crippen LogP contribution in [0.3, 0.4) is 0 Å². The molecule has 0 aliphatic heterocycles. The van der Waals surface area contributed by atoms with Gasteiger partial charge in [0.05, 0.1) is 5.69 Å². The summed E-state index contributed by atoms with van der Waals surface area (Å²) in [4.78, 5) is 18.4. The van der Waals surface area contributed by atoms with Gasteiger partial charge in [-0.25, -0.2) is 4.98 Å². The summed E-state index contributed by atoms with van der Waals surface area (Å²) in [5.41, 5.74) is 2.40. The van der Waals surface area contributed by atoms with Crippen LogP contribution in [0.1, 0.15) is 15.9 Å². The Morgan fingerprint density at radius 1 is 1.30 bits per heavy atom. The van der Waals surface area contributed by atoms with Crippen molar-refractivity contribution >= 4 is 33.3 Å². The number of amides is 1. The largest absolute Gasteiger partial charge is 0.361 e. The maximum atomic E-state index is 12.3. The smallest absolute Gasteiger partial charge is 0.255 e. The second-order valence-corrected chi connectivity index (χ2v) is 5.54. The first-order valence-corrected chi connectivity index (χ1v) is 6.98. The maximum Gasteiger partial charge on any atom is 0.255 e. The van der Waals surface area contributed by atoms with Crippen LogP contribution in [0.2, 0.25) is 0 Å². The first-order valence-electron chi connectivity index (χ1n) is 6.19. The van der Waals surface area contributed by atoms with Crippen molar-refractivity contribution < 1.29 is 4.79 Å². The zero-order chi connectivity index (χ0) is 14.7. The number of carbonyl (C=O) groups is 1. The van der Waals surface area contributed by atoms with Gasteiger partial charge in [0.15, 0.2) is 5.82 Å². The number of carbonyl (C=O) groups excluding carboxylic acids is 1. The summed E-state index contributed by atoms with van der Waals surface area (Å²) >= 11 is 3.44. The fourth-order valence-electron chi connectivity index (χ4n) is 1.78. The third-order valence-electron chi connectivity index (χ3n) is 2.89. The van der Waals surface area contributed by atoms with E-state index in [0.29, 0.717) is 11.3 Å². The van der Waals surface area contributed by atoms with E-state index in [2.05, 4.69) is 26.2 Å². The van der Waals surface area contributed by atoms with Gasteiger partial charge >= 0.3 is 0 Å². The Balaban J connectivity index is 2.26. The number of pyridine rings is 1. The molecule has 0 saturated heterocycles. The molecular weight excluding hydrogens is 318 g/mol. The van der Waals surface area contributed by atoms with Crippen LogP contribution in [0.25, 0.3) is 0 Å². The second kappa shape index (κ2) is 6.05. The summed E-state index contributed by atoms with van der Waals surface area (Å²) in [6, 6.07) is 9.17. The maximum absolute atomic E-state index is 12.3. The molecule has 5 heteroatoms. The molecule has 0 radical (unpaired) electrons. The summed E-state index contributed by atoms with van der Waals surface area (Å²) in [6.07, 6.45) is 1.70. The molecule has 2 aromatic rings. The molecular formula is C15H16BrN3O. The minimum absolute atomic E-state index is 0.151. The van der Waals surface area contributed by atoms with Crippen LogP contribution in [0.4, 0.5) is 11.5 Å². The highest BCUT2D eigenvalue weighted by atomic mass is 79.9. The van der Waals surface area contributed by atoms with Crippen LogP contribution >= 0.6 is 15.9 Å². The van der Waals surface area contributed by atoms with Crippen molar-refractivity contribution in [3.8, 4) is 0 Å². The number of nitrogens with one attached hydrogen (secondary N) is 1. The molecule has 104 valence electrons. The van der Waals surface area contributed by atoms with Crippen molar-refractivity contribution in [2.45, 2.75) is 6.92 Å². The lowest BCUT2D eigenvalue weighted by Crippen LogP contribution is -2.17. The van der Waals surface area contributed by atoms with Crippen LogP contribution in [-0.4, -0.2) is 25.0 Å². The predicted molar refractivity (Wildman–Crippen MR) is 85.4 cm³/mol. The lowest BCUT2D eigenvalue weighted by atomic mass is 10.1. The highest BCUT2D eigenvalue weighted by molar-refractivity contribution is 9.10.